The number of para-hydroxylation sites is 2. The fourth-order valence-corrected chi connectivity index (χ4v) is 5.87. The van der Waals surface area contributed by atoms with Crippen LogP contribution in [0.4, 0.5) is 0 Å². The van der Waals surface area contributed by atoms with E-state index < -0.39 is 12.1 Å². The summed E-state index contributed by atoms with van der Waals surface area (Å²) >= 11 is 6.02. The van der Waals surface area contributed by atoms with Crippen LogP contribution in [0.15, 0.2) is 72.8 Å². The minimum absolute atomic E-state index is 0.0108. The van der Waals surface area contributed by atoms with Crippen molar-refractivity contribution in [3.05, 3.63) is 100 Å². The van der Waals surface area contributed by atoms with Crippen molar-refractivity contribution in [2.45, 2.75) is 31.8 Å². The third-order valence-corrected chi connectivity index (χ3v) is 7.69. The molecule has 0 bridgehead atoms. The smallest absolute Gasteiger partial charge is 0.246 e. The van der Waals surface area contributed by atoms with Crippen molar-refractivity contribution in [3.63, 3.8) is 0 Å². The Hall–Kier alpha value is -3.77. The Morgan fingerprint density at radius 3 is 2.57 bits per heavy atom. The molecule has 3 aromatic carbocycles. The molecule has 1 fully saturated rings. The molecular weight excluding hydrogens is 486 g/mol. The highest BCUT2D eigenvalue weighted by molar-refractivity contribution is 6.30. The van der Waals surface area contributed by atoms with Gasteiger partial charge in [-0.15, -0.1) is 0 Å². The van der Waals surface area contributed by atoms with Gasteiger partial charge in [-0.2, -0.15) is 0 Å². The molecule has 1 saturated heterocycles. The average molecular weight is 514 g/mol. The molecule has 0 saturated carbocycles. The van der Waals surface area contributed by atoms with Gasteiger partial charge in [0.05, 0.1) is 13.2 Å². The fourth-order valence-electron chi connectivity index (χ4n) is 5.75. The van der Waals surface area contributed by atoms with Gasteiger partial charge in [0.25, 0.3) is 0 Å². The second-order valence-corrected chi connectivity index (χ2v) is 10.0. The Bertz CT molecular complexity index is 1480. The van der Waals surface area contributed by atoms with Crippen LogP contribution in [-0.4, -0.2) is 52.3 Å². The third kappa shape index (κ3) is 4.15. The van der Waals surface area contributed by atoms with Crippen molar-refractivity contribution in [3.8, 4) is 5.75 Å². The van der Waals surface area contributed by atoms with Crippen LogP contribution in [0.5, 0.6) is 5.75 Å². The zero-order valence-electron chi connectivity index (χ0n) is 20.6. The maximum Gasteiger partial charge on any atom is 0.246 e. The van der Waals surface area contributed by atoms with Crippen LogP contribution in [-0.2, 0) is 22.4 Å². The van der Waals surface area contributed by atoms with Gasteiger partial charge in [-0.25, -0.2) is 0 Å². The van der Waals surface area contributed by atoms with Gasteiger partial charge in [-0.05, 0) is 48.7 Å². The second-order valence-electron chi connectivity index (χ2n) is 9.59. The second kappa shape index (κ2) is 9.60. The van der Waals surface area contributed by atoms with E-state index in [0.29, 0.717) is 31.0 Å². The van der Waals surface area contributed by atoms with Crippen LogP contribution < -0.4 is 4.74 Å². The molecule has 1 aromatic heterocycles. The lowest BCUT2D eigenvalue weighted by molar-refractivity contribution is -0.158. The fraction of sp³-hybridized carbons (Fsp3) is 0.267. The molecule has 37 heavy (non-hydrogen) atoms. The largest absolute Gasteiger partial charge is 0.494 e. The Morgan fingerprint density at radius 2 is 1.76 bits per heavy atom. The van der Waals surface area contributed by atoms with E-state index in [1.165, 1.54) is 0 Å². The van der Waals surface area contributed by atoms with E-state index in [1.807, 2.05) is 73.7 Å². The first-order valence-corrected chi connectivity index (χ1v) is 13.1. The molecule has 0 radical (unpaired) electrons. The Labute approximate surface area is 220 Å². The highest BCUT2D eigenvalue weighted by Crippen LogP contribution is 2.44. The lowest BCUT2D eigenvalue weighted by Gasteiger charge is -2.47. The van der Waals surface area contributed by atoms with E-state index in [1.54, 1.807) is 9.80 Å². The topological polar surface area (TPSA) is 65.6 Å². The molecule has 6 rings (SSSR count). The van der Waals surface area contributed by atoms with Crippen molar-refractivity contribution in [1.82, 2.24) is 14.8 Å². The Kier molecular flexibility index (Phi) is 6.13. The van der Waals surface area contributed by atoms with E-state index >= 15 is 0 Å². The van der Waals surface area contributed by atoms with Crippen molar-refractivity contribution in [1.29, 1.82) is 0 Å². The number of aromatic amines is 1. The first-order valence-electron chi connectivity index (χ1n) is 12.7. The molecule has 4 aromatic rings. The number of benzene rings is 3. The molecular formula is C30H28ClN3O3. The molecule has 1 N–H and O–H groups in total. The number of hydrogen-bond acceptors (Lipinski definition) is 3. The van der Waals surface area contributed by atoms with Crippen molar-refractivity contribution < 1.29 is 14.3 Å². The molecule has 0 aliphatic carbocycles. The minimum Gasteiger partial charge on any atom is -0.494 e. The zero-order valence-corrected chi connectivity index (χ0v) is 21.4. The van der Waals surface area contributed by atoms with E-state index in [9.17, 15) is 9.59 Å². The molecule has 0 spiro atoms. The predicted molar refractivity (Wildman–Crippen MR) is 144 cm³/mol. The van der Waals surface area contributed by atoms with Crippen molar-refractivity contribution >= 4 is 34.3 Å². The number of rotatable bonds is 6. The standard InChI is InChI=1S/C30H28ClN3O3/c1-2-37-26-10-6-4-8-22(26)29-28-23(21-7-3-5-9-24(21)32-28)17-25-30(36)33(18-27(35)34(25)29)16-15-19-11-13-20(31)14-12-19/h3-14,25,29,32H,2,15-18H2,1H3. The van der Waals surface area contributed by atoms with Crippen molar-refractivity contribution in [2.75, 3.05) is 19.7 Å². The number of fused-ring (bicyclic) bond motifs is 4. The number of hydrogen-bond donors (Lipinski definition) is 1. The van der Waals surface area contributed by atoms with Gasteiger partial charge in [0.15, 0.2) is 0 Å². The van der Waals surface area contributed by atoms with Gasteiger partial charge in [-0.3, -0.25) is 9.59 Å². The number of ether oxygens (including phenoxy) is 1. The van der Waals surface area contributed by atoms with Gasteiger partial charge in [0.1, 0.15) is 17.8 Å². The highest BCUT2D eigenvalue weighted by Gasteiger charge is 2.48. The number of piperazine rings is 1. The van der Waals surface area contributed by atoms with E-state index in [0.717, 1.165) is 39.0 Å². The van der Waals surface area contributed by atoms with Crippen LogP contribution in [0, 0.1) is 0 Å². The van der Waals surface area contributed by atoms with E-state index in [-0.39, 0.29) is 18.4 Å². The molecule has 2 amide bonds. The van der Waals surface area contributed by atoms with Gasteiger partial charge < -0.3 is 19.5 Å². The summed E-state index contributed by atoms with van der Waals surface area (Å²) < 4.78 is 5.98. The normalized spacial score (nSPS) is 19.2. The number of H-pyrrole nitrogens is 1. The van der Waals surface area contributed by atoms with Gasteiger partial charge in [-0.1, -0.05) is 60.1 Å². The van der Waals surface area contributed by atoms with Gasteiger partial charge in [0.2, 0.25) is 11.8 Å². The monoisotopic (exact) mass is 513 g/mol. The predicted octanol–water partition coefficient (Wildman–Crippen LogP) is 5.15. The number of amides is 2. The summed E-state index contributed by atoms with van der Waals surface area (Å²) in [6, 6.07) is 22.6. The minimum atomic E-state index is -0.571. The number of halogens is 1. The SMILES string of the molecule is CCOc1ccccc1C1c2[nH]c3ccccc3c2CC2C(=O)N(CCc3ccc(Cl)cc3)CC(=O)N21. The maximum atomic E-state index is 13.9. The lowest BCUT2D eigenvalue weighted by Crippen LogP contribution is -2.63. The summed E-state index contributed by atoms with van der Waals surface area (Å²) in [4.78, 5) is 34.8. The van der Waals surface area contributed by atoms with Gasteiger partial charge >= 0.3 is 0 Å². The van der Waals surface area contributed by atoms with Crippen LogP contribution in [0.1, 0.15) is 35.3 Å². The number of nitrogens with one attached hydrogen (secondary N) is 1. The molecule has 3 heterocycles. The molecule has 7 heteroatoms. The van der Waals surface area contributed by atoms with Crippen molar-refractivity contribution in [2.24, 2.45) is 0 Å². The van der Waals surface area contributed by atoms with Crippen LogP contribution in [0.3, 0.4) is 0 Å². The molecule has 2 aliphatic rings. The summed E-state index contributed by atoms with van der Waals surface area (Å²) in [6.07, 6.45) is 1.15. The van der Waals surface area contributed by atoms with Crippen LogP contribution in [0.25, 0.3) is 10.9 Å². The van der Waals surface area contributed by atoms with E-state index in [2.05, 4.69) is 11.1 Å². The number of nitrogens with zero attached hydrogens (tertiary/aromatic N) is 2. The summed E-state index contributed by atoms with van der Waals surface area (Å²) in [5.74, 6) is 0.662. The number of aromatic nitrogens is 1. The summed E-state index contributed by atoms with van der Waals surface area (Å²) in [7, 11) is 0. The number of carbonyl (C=O) groups is 2. The van der Waals surface area contributed by atoms with Crippen LogP contribution >= 0.6 is 11.6 Å². The first kappa shape index (κ1) is 23.6. The highest BCUT2D eigenvalue weighted by atomic mass is 35.5. The third-order valence-electron chi connectivity index (χ3n) is 7.44. The first-order chi connectivity index (χ1) is 18.0. The molecule has 2 unspecified atom stereocenters. The van der Waals surface area contributed by atoms with Crippen LogP contribution in [0.2, 0.25) is 5.02 Å². The lowest BCUT2D eigenvalue weighted by atomic mass is 9.86. The number of carbonyl (C=O) groups excluding carboxylic acids is 2. The quantitative estimate of drug-likeness (QED) is 0.388. The maximum absolute atomic E-state index is 13.9. The molecule has 6 nitrogen and oxygen atoms in total. The molecule has 2 atom stereocenters. The van der Waals surface area contributed by atoms with Gasteiger partial charge in [0, 0.05) is 40.1 Å². The molecule has 188 valence electrons. The van der Waals surface area contributed by atoms with E-state index in [4.69, 9.17) is 16.3 Å². The summed E-state index contributed by atoms with van der Waals surface area (Å²) in [6.45, 7) is 3.00. The molecule has 2 aliphatic heterocycles. The summed E-state index contributed by atoms with van der Waals surface area (Å²) in [5.41, 5.74) is 5.02. The average Bonchev–Trinajstić information content (AvgIpc) is 3.29. The zero-order chi connectivity index (χ0) is 25.5. The Balaban J connectivity index is 1.40. The summed E-state index contributed by atoms with van der Waals surface area (Å²) in [5, 5.41) is 1.77. The Morgan fingerprint density at radius 1 is 1.00 bits per heavy atom.